The van der Waals surface area contributed by atoms with Gasteiger partial charge in [0.25, 0.3) is 5.91 Å². The largest absolute Gasteiger partial charge is 0.271 e. The van der Waals surface area contributed by atoms with Gasteiger partial charge in [-0.3, -0.25) is 4.79 Å². The molecule has 23 heavy (non-hydrogen) atoms. The van der Waals surface area contributed by atoms with Gasteiger partial charge < -0.3 is 0 Å². The van der Waals surface area contributed by atoms with Crippen LogP contribution in [0.2, 0.25) is 0 Å². The van der Waals surface area contributed by atoms with Crippen molar-refractivity contribution in [2.45, 2.75) is 13.0 Å². The Morgan fingerprint density at radius 2 is 2.00 bits per heavy atom. The number of hydrogen-bond donors (Lipinski definition) is 1. The lowest BCUT2D eigenvalue weighted by Gasteiger charge is -2.10. The highest BCUT2D eigenvalue weighted by Gasteiger charge is 2.17. The van der Waals surface area contributed by atoms with Gasteiger partial charge in [0, 0.05) is 0 Å². The average Bonchev–Trinajstić information content (AvgIpc) is 3.00. The number of rotatable bonds is 4. The summed E-state index contributed by atoms with van der Waals surface area (Å²) in [5, 5.41) is 11.9. The van der Waals surface area contributed by atoms with E-state index in [0.29, 0.717) is 5.56 Å². The van der Waals surface area contributed by atoms with Crippen molar-refractivity contribution in [3.8, 4) is 0 Å². The van der Waals surface area contributed by atoms with Crippen molar-refractivity contribution < 1.29 is 9.18 Å². The number of para-hydroxylation sites is 1. The van der Waals surface area contributed by atoms with Crippen LogP contribution in [-0.4, -0.2) is 27.1 Å². The van der Waals surface area contributed by atoms with Crippen LogP contribution in [0.15, 0.2) is 53.6 Å². The molecule has 6 nitrogen and oxygen atoms in total. The van der Waals surface area contributed by atoms with Gasteiger partial charge in [0.1, 0.15) is 17.4 Å². The molecule has 0 aliphatic carbocycles. The summed E-state index contributed by atoms with van der Waals surface area (Å²) in [4.78, 5) is 12.2. The monoisotopic (exact) mass is 311 g/mol. The van der Waals surface area contributed by atoms with Crippen LogP contribution in [0.1, 0.15) is 18.5 Å². The Balaban J connectivity index is 1.69. The van der Waals surface area contributed by atoms with E-state index in [9.17, 15) is 9.18 Å². The van der Waals surface area contributed by atoms with Gasteiger partial charge in [-0.2, -0.15) is 5.10 Å². The van der Waals surface area contributed by atoms with E-state index < -0.39 is 6.04 Å². The maximum atomic E-state index is 12.8. The first-order valence-corrected chi connectivity index (χ1v) is 7.03. The predicted octanol–water partition coefficient (Wildman–Crippen LogP) is 2.28. The number of hydrogen-bond acceptors (Lipinski definition) is 4. The first kappa shape index (κ1) is 14.8. The molecule has 7 heteroatoms. The number of benzene rings is 2. The molecular weight excluding hydrogens is 297 g/mol. The van der Waals surface area contributed by atoms with E-state index in [0.717, 1.165) is 11.0 Å². The highest BCUT2D eigenvalue weighted by Crippen LogP contribution is 2.15. The number of aromatic nitrogens is 3. The summed E-state index contributed by atoms with van der Waals surface area (Å²) >= 11 is 0. The molecule has 0 aliphatic heterocycles. The molecule has 0 radical (unpaired) electrons. The molecule has 2 aromatic carbocycles. The second-order valence-corrected chi connectivity index (χ2v) is 4.98. The van der Waals surface area contributed by atoms with E-state index >= 15 is 0 Å². The van der Waals surface area contributed by atoms with Gasteiger partial charge >= 0.3 is 0 Å². The van der Waals surface area contributed by atoms with Crippen LogP contribution in [0, 0.1) is 5.82 Å². The lowest BCUT2D eigenvalue weighted by atomic mass is 10.2. The lowest BCUT2D eigenvalue weighted by Crippen LogP contribution is -2.28. The topological polar surface area (TPSA) is 72.2 Å². The minimum Gasteiger partial charge on any atom is -0.271 e. The van der Waals surface area contributed by atoms with Gasteiger partial charge in [-0.05, 0) is 36.8 Å². The molecular formula is C16H14FN5O. The second-order valence-electron chi connectivity index (χ2n) is 4.98. The first-order valence-electron chi connectivity index (χ1n) is 7.03. The lowest BCUT2D eigenvalue weighted by molar-refractivity contribution is -0.124. The summed E-state index contributed by atoms with van der Waals surface area (Å²) in [6, 6.07) is 12.6. The Morgan fingerprint density at radius 1 is 1.26 bits per heavy atom. The number of fused-ring (bicyclic) bond motifs is 1. The predicted molar refractivity (Wildman–Crippen MR) is 84.4 cm³/mol. The number of halogens is 1. The Morgan fingerprint density at radius 3 is 2.78 bits per heavy atom. The fourth-order valence-electron chi connectivity index (χ4n) is 2.10. The Bertz CT molecular complexity index is 856. The van der Waals surface area contributed by atoms with Gasteiger partial charge in [0.2, 0.25) is 0 Å². The molecule has 0 bridgehead atoms. The number of nitrogens with zero attached hydrogens (tertiary/aromatic N) is 4. The molecule has 1 heterocycles. The van der Waals surface area contributed by atoms with E-state index in [1.807, 2.05) is 24.3 Å². The summed E-state index contributed by atoms with van der Waals surface area (Å²) in [7, 11) is 0. The van der Waals surface area contributed by atoms with Crippen LogP contribution in [-0.2, 0) is 4.79 Å². The molecule has 0 fully saturated rings. The standard InChI is InChI=1S/C16H14FN5O/c1-11(22-15-5-3-2-4-14(15)19-21-22)16(23)20-18-10-12-6-8-13(17)9-7-12/h2-11H,1H3,(H,20,23). The van der Waals surface area contributed by atoms with Gasteiger partial charge in [-0.25, -0.2) is 14.5 Å². The number of carbonyl (C=O) groups is 1. The van der Waals surface area contributed by atoms with E-state index in [-0.39, 0.29) is 11.7 Å². The third-order valence-corrected chi connectivity index (χ3v) is 3.38. The SMILES string of the molecule is CC(C(=O)NN=Cc1ccc(F)cc1)n1nnc2ccccc21. The molecule has 0 spiro atoms. The summed E-state index contributed by atoms with van der Waals surface area (Å²) < 4.78 is 14.3. The highest BCUT2D eigenvalue weighted by molar-refractivity contribution is 5.85. The number of carbonyl (C=O) groups excluding carboxylic acids is 1. The van der Waals surface area contributed by atoms with E-state index in [1.54, 1.807) is 19.1 Å². The van der Waals surface area contributed by atoms with Crippen molar-refractivity contribution in [3.63, 3.8) is 0 Å². The van der Waals surface area contributed by atoms with Crippen molar-refractivity contribution in [1.82, 2.24) is 20.4 Å². The molecule has 116 valence electrons. The van der Waals surface area contributed by atoms with Crippen LogP contribution in [0.5, 0.6) is 0 Å². The highest BCUT2D eigenvalue weighted by atomic mass is 19.1. The van der Waals surface area contributed by atoms with Crippen molar-refractivity contribution in [1.29, 1.82) is 0 Å². The molecule has 0 saturated heterocycles. The van der Waals surface area contributed by atoms with Crippen LogP contribution < -0.4 is 5.43 Å². The van der Waals surface area contributed by atoms with Crippen LogP contribution in [0.4, 0.5) is 4.39 Å². The summed E-state index contributed by atoms with van der Waals surface area (Å²) in [6.45, 7) is 1.71. The zero-order chi connectivity index (χ0) is 16.2. The Labute approximate surface area is 131 Å². The fourth-order valence-corrected chi connectivity index (χ4v) is 2.10. The van der Waals surface area contributed by atoms with E-state index in [1.165, 1.54) is 23.0 Å². The summed E-state index contributed by atoms with van der Waals surface area (Å²) in [5.41, 5.74) is 4.63. The summed E-state index contributed by atoms with van der Waals surface area (Å²) in [5.74, 6) is -0.642. The Hall–Kier alpha value is -3.09. The minimum atomic E-state index is -0.562. The first-order chi connectivity index (χ1) is 11.1. The number of hydrazone groups is 1. The van der Waals surface area contributed by atoms with Gasteiger partial charge in [-0.1, -0.05) is 29.5 Å². The maximum Gasteiger partial charge on any atom is 0.264 e. The zero-order valence-electron chi connectivity index (χ0n) is 12.3. The summed E-state index contributed by atoms with van der Waals surface area (Å²) in [6.07, 6.45) is 1.45. The number of amides is 1. The molecule has 3 rings (SSSR count). The molecule has 0 aliphatic rings. The van der Waals surface area contributed by atoms with Gasteiger partial charge in [-0.15, -0.1) is 5.10 Å². The molecule has 1 atom stereocenters. The average molecular weight is 311 g/mol. The van der Waals surface area contributed by atoms with E-state index in [2.05, 4.69) is 20.8 Å². The normalized spacial score (nSPS) is 12.6. The van der Waals surface area contributed by atoms with Crippen molar-refractivity contribution in [2.75, 3.05) is 0 Å². The second kappa shape index (κ2) is 6.35. The van der Waals surface area contributed by atoms with Crippen molar-refractivity contribution in [3.05, 3.63) is 59.9 Å². The third-order valence-electron chi connectivity index (χ3n) is 3.38. The molecule has 1 aromatic heterocycles. The maximum absolute atomic E-state index is 12.8. The molecule has 1 N–H and O–H groups in total. The quantitative estimate of drug-likeness (QED) is 0.593. The zero-order valence-corrected chi connectivity index (χ0v) is 12.3. The number of nitrogens with one attached hydrogen (secondary N) is 1. The van der Waals surface area contributed by atoms with Crippen LogP contribution in [0.25, 0.3) is 11.0 Å². The minimum absolute atomic E-state index is 0.320. The molecule has 3 aromatic rings. The van der Waals surface area contributed by atoms with Gasteiger partial charge in [0.05, 0.1) is 11.7 Å². The third kappa shape index (κ3) is 3.23. The van der Waals surface area contributed by atoms with E-state index in [4.69, 9.17) is 0 Å². The molecule has 1 amide bonds. The van der Waals surface area contributed by atoms with Crippen LogP contribution in [0.3, 0.4) is 0 Å². The van der Waals surface area contributed by atoms with Gasteiger partial charge in [0.15, 0.2) is 0 Å². The van der Waals surface area contributed by atoms with Crippen LogP contribution >= 0.6 is 0 Å². The van der Waals surface area contributed by atoms with Crippen molar-refractivity contribution in [2.24, 2.45) is 5.10 Å². The smallest absolute Gasteiger partial charge is 0.264 e. The van der Waals surface area contributed by atoms with Crippen molar-refractivity contribution >= 4 is 23.2 Å². The Kier molecular flexibility index (Phi) is 4.09. The fraction of sp³-hybridized carbons (Fsp3) is 0.125. The molecule has 0 saturated carbocycles. The molecule has 1 unspecified atom stereocenters.